The van der Waals surface area contributed by atoms with E-state index in [0.29, 0.717) is 36.8 Å². The van der Waals surface area contributed by atoms with Crippen molar-refractivity contribution in [1.82, 2.24) is 14.8 Å². The van der Waals surface area contributed by atoms with Gasteiger partial charge < -0.3 is 28.4 Å². The van der Waals surface area contributed by atoms with Gasteiger partial charge >= 0.3 is 5.97 Å². The number of benzene rings is 1. The first-order chi connectivity index (χ1) is 19.2. The molecule has 0 spiro atoms. The standard InChI is InChI=1S/C30H44N4O6/c1-5-6-14-32(15-7-8-16-34(2,3)4)28(35)20-33-19-23(22-9-11-25-26(18-22)40-21-39-25)29(30(36)37)24(33)10-12-27-31-13-17-38-27/h9,11,13,17-18,23-24,29H,5-8,10,12,14-16,19-21H2,1-4H3/p+1/t23-,24+,29-/m1/s1. The molecule has 1 N–H and O–H groups in total. The Balaban J connectivity index is 1.52. The summed E-state index contributed by atoms with van der Waals surface area (Å²) >= 11 is 0. The van der Waals surface area contributed by atoms with E-state index in [1.165, 1.54) is 6.26 Å². The molecule has 0 radical (unpaired) electrons. The molecule has 2 aliphatic heterocycles. The summed E-state index contributed by atoms with van der Waals surface area (Å²) in [5, 5.41) is 10.4. The Morgan fingerprint density at radius 3 is 2.60 bits per heavy atom. The highest BCUT2D eigenvalue weighted by Gasteiger charge is 2.47. The number of carbonyl (C=O) groups is 2. The predicted molar refractivity (Wildman–Crippen MR) is 150 cm³/mol. The number of likely N-dealkylation sites (tertiary alicyclic amines) is 1. The number of carboxylic acids is 1. The fourth-order valence-corrected chi connectivity index (χ4v) is 5.85. The molecule has 40 heavy (non-hydrogen) atoms. The van der Waals surface area contributed by atoms with Crippen LogP contribution in [0.1, 0.15) is 56.4 Å². The van der Waals surface area contributed by atoms with Crippen LogP contribution in [0.5, 0.6) is 11.5 Å². The minimum absolute atomic E-state index is 0.0651. The maximum atomic E-state index is 13.7. The first-order valence-corrected chi connectivity index (χ1v) is 14.5. The average Bonchev–Trinajstić information content (AvgIpc) is 3.66. The number of hydrogen-bond acceptors (Lipinski definition) is 7. The number of ether oxygens (including phenoxy) is 2. The van der Waals surface area contributed by atoms with Gasteiger partial charge in [0.05, 0.1) is 46.3 Å². The summed E-state index contributed by atoms with van der Waals surface area (Å²) in [5.74, 6) is 0.0991. The van der Waals surface area contributed by atoms with Crippen LogP contribution in [-0.2, 0) is 16.0 Å². The summed E-state index contributed by atoms with van der Waals surface area (Å²) < 4.78 is 17.4. The zero-order valence-electron chi connectivity index (χ0n) is 24.4. The number of carboxylic acid groups (broad SMARTS) is 1. The number of nitrogens with zero attached hydrogens (tertiary/aromatic N) is 4. The van der Waals surface area contributed by atoms with Gasteiger partial charge in [0.25, 0.3) is 0 Å². The lowest BCUT2D eigenvalue weighted by Gasteiger charge is -2.30. The van der Waals surface area contributed by atoms with E-state index < -0.39 is 11.9 Å². The molecule has 0 saturated carbocycles. The minimum Gasteiger partial charge on any atom is -0.481 e. The molecular formula is C30H45N4O6+. The first-order valence-electron chi connectivity index (χ1n) is 14.5. The summed E-state index contributed by atoms with van der Waals surface area (Å²) in [6.07, 6.45) is 8.13. The maximum absolute atomic E-state index is 13.7. The number of rotatable bonds is 15. The van der Waals surface area contributed by atoms with Crippen molar-refractivity contribution in [1.29, 1.82) is 0 Å². The molecule has 1 aromatic carbocycles. The van der Waals surface area contributed by atoms with Crippen LogP contribution >= 0.6 is 0 Å². The zero-order chi connectivity index (χ0) is 28.7. The van der Waals surface area contributed by atoms with E-state index in [1.807, 2.05) is 23.1 Å². The molecule has 4 rings (SSSR count). The third-order valence-corrected chi connectivity index (χ3v) is 7.98. The number of fused-ring (bicyclic) bond motifs is 1. The topological polar surface area (TPSA) is 105 Å². The van der Waals surface area contributed by atoms with Gasteiger partial charge in [-0.25, -0.2) is 4.98 Å². The lowest BCUT2D eigenvalue weighted by molar-refractivity contribution is -0.870. The number of amides is 1. The molecular weight excluding hydrogens is 512 g/mol. The van der Waals surface area contributed by atoms with Gasteiger partial charge in [0.1, 0.15) is 6.26 Å². The van der Waals surface area contributed by atoms with Crippen LogP contribution in [0, 0.1) is 5.92 Å². The molecule has 1 aromatic heterocycles. The van der Waals surface area contributed by atoms with E-state index in [1.54, 1.807) is 6.20 Å². The molecule has 1 saturated heterocycles. The number of aromatic nitrogens is 1. The lowest BCUT2D eigenvalue weighted by Crippen LogP contribution is -2.45. The van der Waals surface area contributed by atoms with Crippen molar-refractivity contribution in [2.24, 2.45) is 5.92 Å². The Labute approximate surface area is 237 Å². The summed E-state index contributed by atoms with van der Waals surface area (Å²) in [7, 11) is 6.55. The van der Waals surface area contributed by atoms with Crippen LogP contribution in [0.3, 0.4) is 0 Å². The predicted octanol–water partition coefficient (Wildman–Crippen LogP) is 3.62. The minimum atomic E-state index is -0.863. The average molecular weight is 558 g/mol. The first kappa shape index (κ1) is 29.9. The Hall–Kier alpha value is -3.11. The normalized spacial score (nSPS) is 20.6. The van der Waals surface area contributed by atoms with Gasteiger partial charge in [-0.1, -0.05) is 19.4 Å². The lowest BCUT2D eigenvalue weighted by atomic mass is 9.83. The van der Waals surface area contributed by atoms with Gasteiger partial charge in [0.15, 0.2) is 17.4 Å². The number of quaternary nitrogens is 1. The van der Waals surface area contributed by atoms with Crippen LogP contribution < -0.4 is 9.47 Å². The molecule has 10 nitrogen and oxygen atoms in total. The molecule has 220 valence electrons. The fraction of sp³-hybridized carbons (Fsp3) is 0.633. The van der Waals surface area contributed by atoms with Gasteiger partial charge in [0.2, 0.25) is 12.7 Å². The van der Waals surface area contributed by atoms with Crippen LogP contribution in [0.15, 0.2) is 35.1 Å². The number of unbranched alkanes of at least 4 members (excludes halogenated alkanes) is 2. The van der Waals surface area contributed by atoms with E-state index in [4.69, 9.17) is 13.9 Å². The van der Waals surface area contributed by atoms with Crippen LogP contribution in [0.2, 0.25) is 0 Å². The SMILES string of the molecule is CCCCN(CCCC[N+](C)(C)C)C(=O)CN1C[C@H](c2ccc3c(c2)OCO3)[C@@H](C(=O)O)[C@@H]1CCc1ncco1. The summed E-state index contributed by atoms with van der Waals surface area (Å²) in [6, 6.07) is 5.32. The summed E-state index contributed by atoms with van der Waals surface area (Å²) in [4.78, 5) is 34.7. The van der Waals surface area contributed by atoms with Crippen molar-refractivity contribution >= 4 is 11.9 Å². The molecule has 1 fully saturated rings. The van der Waals surface area contributed by atoms with Crippen molar-refractivity contribution in [3.63, 3.8) is 0 Å². The number of aliphatic carboxylic acids is 1. The Morgan fingerprint density at radius 1 is 1.12 bits per heavy atom. The van der Waals surface area contributed by atoms with Crippen molar-refractivity contribution in [2.45, 2.75) is 57.4 Å². The number of hydrogen-bond donors (Lipinski definition) is 1. The summed E-state index contributed by atoms with van der Waals surface area (Å²) in [5.41, 5.74) is 0.885. The third kappa shape index (κ3) is 7.75. The van der Waals surface area contributed by atoms with Gasteiger partial charge in [-0.15, -0.1) is 0 Å². The molecule has 0 aliphatic carbocycles. The molecule has 1 amide bonds. The second kappa shape index (κ2) is 13.5. The largest absolute Gasteiger partial charge is 0.481 e. The number of carbonyl (C=O) groups excluding carboxylic acids is 1. The molecule has 3 atom stereocenters. The van der Waals surface area contributed by atoms with E-state index in [2.05, 4.69) is 38.0 Å². The highest BCUT2D eigenvalue weighted by molar-refractivity contribution is 5.79. The molecule has 3 heterocycles. The summed E-state index contributed by atoms with van der Waals surface area (Å²) in [6.45, 7) is 5.47. The van der Waals surface area contributed by atoms with Gasteiger partial charge in [-0.05, 0) is 43.4 Å². The third-order valence-electron chi connectivity index (χ3n) is 7.98. The second-order valence-corrected chi connectivity index (χ2v) is 12.0. The smallest absolute Gasteiger partial charge is 0.308 e. The van der Waals surface area contributed by atoms with Crippen LogP contribution in [0.25, 0.3) is 0 Å². The van der Waals surface area contributed by atoms with Crippen LogP contribution in [-0.4, -0.2) is 103 Å². The molecule has 10 heteroatoms. The van der Waals surface area contributed by atoms with Crippen LogP contribution in [0.4, 0.5) is 0 Å². The van der Waals surface area contributed by atoms with E-state index in [9.17, 15) is 14.7 Å². The van der Waals surface area contributed by atoms with E-state index in [0.717, 1.165) is 55.4 Å². The second-order valence-electron chi connectivity index (χ2n) is 12.0. The Bertz CT molecular complexity index is 1120. The molecule has 0 unspecified atom stereocenters. The monoisotopic (exact) mass is 557 g/mol. The number of oxazole rings is 1. The van der Waals surface area contributed by atoms with Crippen molar-refractivity contribution in [3.05, 3.63) is 42.1 Å². The fourth-order valence-electron chi connectivity index (χ4n) is 5.85. The Morgan fingerprint density at radius 2 is 1.90 bits per heavy atom. The number of aryl methyl sites for hydroxylation is 1. The van der Waals surface area contributed by atoms with Gasteiger partial charge in [0, 0.05) is 38.0 Å². The van der Waals surface area contributed by atoms with Gasteiger partial charge in [-0.2, -0.15) is 0 Å². The van der Waals surface area contributed by atoms with Crippen molar-refractivity contribution in [3.8, 4) is 11.5 Å². The molecule has 0 bridgehead atoms. The highest BCUT2D eigenvalue weighted by atomic mass is 16.7. The molecule has 2 aromatic rings. The van der Waals surface area contributed by atoms with Gasteiger partial charge in [-0.3, -0.25) is 14.5 Å². The molecule has 2 aliphatic rings. The van der Waals surface area contributed by atoms with Crippen molar-refractivity contribution in [2.75, 3.05) is 60.7 Å². The van der Waals surface area contributed by atoms with E-state index >= 15 is 0 Å². The van der Waals surface area contributed by atoms with Crippen molar-refractivity contribution < 1.29 is 33.1 Å². The zero-order valence-corrected chi connectivity index (χ0v) is 24.4. The Kier molecular flexibility index (Phi) is 10.1. The maximum Gasteiger partial charge on any atom is 0.308 e. The quantitative estimate of drug-likeness (QED) is 0.262. The van der Waals surface area contributed by atoms with E-state index in [-0.39, 0.29) is 31.2 Å². The highest BCUT2D eigenvalue weighted by Crippen LogP contribution is 2.43.